The highest BCUT2D eigenvalue weighted by atomic mass is 16.2. The van der Waals surface area contributed by atoms with Gasteiger partial charge in [0.2, 0.25) is 5.91 Å². The first-order valence-corrected chi connectivity index (χ1v) is 6.70. The van der Waals surface area contributed by atoms with Gasteiger partial charge in [0, 0.05) is 37.7 Å². The van der Waals surface area contributed by atoms with Crippen molar-refractivity contribution in [3.05, 3.63) is 29.8 Å². The number of likely N-dealkylation sites (tertiary alicyclic amines) is 1. The van der Waals surface area contributed by atoms with Crippen molar-refractivity contribution in [3.8, 4) is 0 Å². The molecule has 1 heterocycles. The topological polar surface area (TPSA) is 63.4 Å². The second-order valence-corrected chi connectivity index (χ2v) is 5.20. The van der Waals surface area contributed by atoms with Crippen molar-refractivity contribution in [1.82, 2.24) is 4.90 Å². The number of carbonyl (C=O) groups excluding carboxylic acids is 2. The fourth-order valence-corrected chi connectivity index (χ4v) is 2.50. The molecule has 0 spiro atoms. The van der Waals surface area contributed by atoms with Gasteiger partial charge >= 0.3 is 0 Å². The predicted octanol–water partition coefficient (Wildman–Crippen LogP) is 2.10. The minimum atomic E-state index is 0.128. The number of hydrogen-bond donors (Lipinski definition) is 1. The van der Waals surface area contributed by atoms with Gasteiger partial charge in [0.05, 0.1) is 0 Å². The second-order valence-electron chi connectivity index (χ2n) is 5.20. The molecule has 1 amide bonds. The lowest BCUT2D eigenvalue weighted by molar-refractivity contribution is -0.130. The molecule has 0 unspecified atom stereocenters. The standard InChI is InChI=1S/C15H20N2O2/c1-11(18)17-8-6-12(7-9-17)10-15(19)13-2-4-14(16)5-3-13/h2-5,12H,6-10,16H2,1H3. The minimum Gasteiger partial charge on any atom is -0.399 e. The molecule has 0 atom stereocenters. The van der Waals surface area contributed by atoms with Crippen molar-refractivity contribution >= 4 is 17.4 Å². The Morgan fingerprint density at radius 3 is 2.32 bits per heavy atom. The number of benzene rings is 1. The van der Waals surface area contributed by atoms with Crippen LogP contribution >= 0.6 is 0 Å². The molecule has 19 heavy (non-hydrogen) atoms. The third-order valence-electron chi connectivity index (χ3n) is 3.77. The summed E-state index contributed by atoms with van der Waals surface area (Å²) in [7, 11) is 0. The van der Waals surface area contributed by atoms with Crippen LogP contribution in [0.25, 0.3) is 0 Å². The van der Waals surface area contributed by atoms with E-state index in [1.807, 2.05) is 4.90 Å². The van der Waals surface area contributed by atoms with Gasteiger partial charge < -0.3 is 10.6 Å². The number of Topliss-reactive ketones (excluding diaryl/α,β-unsaturated/α-hetero) is 1. The number of carbonyl (C=O) groups is 2. The molecule has 1 aromatic carbocycles. The lowest BCUT2D eigenvalue weighted by Gasteiger charge is -2.30. The van der Waals surface area contributed by atoms with E-state index in [4.69, 9.17) is 5.73 Å². The number of nitrogens with two attached hydrogens (primary N) is 1. The maximum Gasteiger partial charge on any atom is 0.219 e. The average Bonchev–Trinajstić information content (AvgIpc) is 2.40. The molecular weight excluding hydrogens is 240 g/mol. The van der Waals surface area contributed by atoms with E-state index in [1.165, 1.54) is 0 Å². The lowest BCUT2D eigenvalue weighted by Crippen LogP contribution is -2.37. The number of piperidine rings is 1. The fourth-order valence-electron chi connectivity index (χ4n) is 2.50. The predicted molar refractivity (Wildman–Crippen MR) is 74.8 cm³/mol. The summed E-state index contributed by atoms with van der Waals surface area (Å²) in [4.78, 5) is 25.2. The number of ketones is 1. The summed E-state index contributed by atoms with van der Waals surface area (Å²) in [5.74, 6) is 0.685. The van der Waals surface area contributed by atoms with Gasteiger partial charge in [-0.05, 0) is 43.0 Å². The molecule has 0 bridgehead atoms. The van der Waals surface area contributed by atoms with Gasteiger partial charge in [0.15, 0.2) is 5.78 Å². The first-order chi connectivity index (χ1) is 9.06. The highest BCUT2D eigenvalue weighted by molar-refractivity contribution is 5.96. The molecular formula is C15H20N2O2. The SMILES string of the molecule is CC(=O)N1CCC(CC(=O)c2ccc(N)cc2)CC1. The molecule has 2 N–H and O–H groups in total. The maximum atomic E-state index is 12.1. The number of anilines is 1. The van der Waals surface area contributed by atoms with Gasteiger partial charge in [0.25, 0.3) is 0 Å². The van der Waals surface area contributed by atoms with Gasteiger partial charge in [0.1, 0.15) is 0 Å². The fraction of sp³-hybridized carbons (Fsp3) is 0.467. The molecule has 1 aromatic rings. The summed E-state index contributed by atoms with van der Waals surface area (Å²) in [5.41, 5.74) is 7.00. The van der Waals surface area contributed by atoms with Gasteiger partial charge in [-0.1, -0.05) is 0 Å². The Balaban J connectivity index is 1.87. The number of nitrogens with zero attached hydrogens (tertiary/aromatic N) is 1. The highest BCUT2D eigenvalue weighted by Crippen LogP contribution is 2.22. The number of rotatable bonds is 3. The first-order valence-electron chi connectivity index (χ1n) is 6.70. The third-order valence-corrected chi connectivity index (χ3v) is 3.77. The Hall–Kier alpha value is -1.84. The van der Waals surface area contributed by atoms with Crippen LogP contribution in [0.3, 0.4) is 0 Å². The summed E-state index contributed by atoms with van der Waals surface area (Å²) < 4.78 is 0. The molecule has 2 rings (SSSR count). The van der Waals surface area contributed by atoms with Crippen molar-refractivity contribution in [1.29, 1.82) is 0 Å². The molecule has 0 aliphatic carbocycles. The van der Waals surface area contributed by atoms with Crippen LogP contribution in [-0.4, -0.2) is 29.7 Å². The largest absolute Gasteiger partial charge is 0.399 e. The number of hydrogen-bond acceptors (Lipinski definition) is 3. The summed E-state index contributed by atoms with van der Waals surface area (Å²) in [6.45, 7) is 3.14. The Labute approximate surface area is 113 Å². The van der Waals surface area contributed by atoms with E-state index in [0.717, 1.165) is 31.5 Å². The summed E-state index contributed by atoms with van der Waals surface area (Å²) in [5, 5.41) is 0. The lowest BCUT2D eigenvalue weighted by atomic mass is 9.90. The average molecular weight is 260 g/mol. The zero-order valence-corrected chi connectivity index (χ0v) is 11.3. The van der Waals surface area contributed by atoms with E-state index in [0.29, 0.717) is 18.0 Å². The van der Waals surface area contributed by atoms with Crippen LogP contribution in [0, 0.1) is 5.92 Å². The van der Waals surface area contributed by atoms with Gasteiger partial charge in [-0.3, -0.25) is 9.59 Å². The van der Waals surface area contributed by atoms with Crippen molar-refractivity contribution in [2.75, 3.05) is 18.8 Å². The van der Waals surface area contributed by atoms with Gasteiger partial charge in [-0.15, -0.1) is 0 Å². The van der Waals surface area contributed by atoms with E-state index in [1.54, 1.807) is 31.2 Å². The smallest absolute Gasteiger partial charge is 0.219 e. The van der Waals surface area contributed by atoms with E-state index >= 15 is 0 Å². The Bertz CT molecular complexity index is 460. The van der Waals surface area contributed by atoms with Crippen LogP contribution in [0.15, 0.2) is 24.3 Å². The van der Waals surface area contributed by atoms with Gasteiger partial charge in [-0.25, -0.2) is 0 Å². The van der Waals surface area contributed by atoms with Crippen molar-refractivity contribution in [3.63, 3.8) is 0 Å². The van der Waals surface area contributed by atoms with Crippen LogP contribution < -0.4 is 5.73 Å². The van der Waals surface area contributed by atoms with E-state index in [-0.39, 0.29) is 11.7 Å². The quantitative estimate of drug-likeness (QED) is 0.668. The molecule has 1 aliphatic heterocycles. The molecule has 4 heteroatoms. The zero-order valence-electron chi connectivity index (χ0n) is 11.3. The monoisotopic (exact) mass is 260 g/mol. The number of nitrogen functional groups attached to an aromatic ring is 1. The Morgan fingerprint density at radius 2 is 1.79 bits per heavy atom. The minimum absolute atomic E-state index is 0.128. The van der Waals surface area contributed by atoms with E-state index in [9.17, 15) is 9.59 Å². The normalized spacial score (nSPS) is 16.4. The number of amides is 1. The van der Waals surface area contributed by atoms with Crippen molar-refractivity contribution in [2.24, 2.45) is 5.92 Å². The molecule has 0 aromatic heterocycles. The molecule has 0 radical (unpaired) electrons. The van der Waals surface area contributed by atoms with Crippen LogP contribution in [0.2, 0.25) is 0 Å². The highest BCUT2D eigenvalue weighted by Gasteiger charge is 2.22. The molecule has 0 saturated carbocycles. The Kier molecular flexibility index (Phi) is 4.20. The van der Waals surface area contributed by atoms with Crippen LogP contribution in [0.1, 0.15) is 36.5 Å². The molecule has 4 nitrogen and oxygen atoms in total. The molecule has 102 valence electrons. The summed E-state index contributed by atoms with van der Waals surface area (Å²) in [6, 6.07) is 7.07. The van der Waals surface area contributed by atoms with Crippen LogP contribution in [0.4, 0.5) is 5.69 Å². The summed E-state index contributed by atoms with van der Waals surface area (Å²) >= 11 is 0. The molecule has 1 aliphatic rings. The molecule has 1 fully saturated rings. The second kappa shape index (κ2) is 5.87. The van der Waals surface area contributed by atoms with Crippen LogP contribution in [0.5, 0.6) is 0 Å². The van der Waals surface area contributed by atoms with E-state index < -0.39 is 0 Å². The first kappa shape index (κ1) is 13.6. The maximum absolute atomic E-state index is 12.1. The molecule has 1 saturated heterocycles. The van der Waals surface area contributed by atoms with Crippen LogP contribution in [-0.2, 0) is 4.79 Å². The van der Waals surface area contributed by atoms with Gasteiger partial charge in [-0.2, -0.15) is 0 Å². The zero-order chi connectivity index (χ0) is 13.8. The van der Waals surface area contributed by atoms with Crippen molar-refractivity contribution in [2.45, 2.75) is 26.2 Å². The third kappa shape index (κ3) is 3.56. The van der Waals surface area contributed by atoms with E-state index in [2.05, 4.69) is 0 Å². The summed E-state index contributed by atoms with van der Waals surface area (Å²) in [6.07, 6.45) is 2.40. The van der Waals surface area contributed by atoms with Crippen molar-refractivity contribution < 1.29 is 9.59 Å². The Morgan fingerprint density at radius 1 is 1.21 bits per heavy atom.